The highest BCUT2D eigenvalue weighted by Crippen LogP contribution is 2.42. The van der Waals surface area contributed by atoms with Gasteiger partial charge in [-0.25, -0.2) is 9.18 Å². The Morgan fingerprint density at radius 1 is 1.31 bits per heavy atom. The average Bonchev–Trinajstić information content (AvgIpc) is 3.07. The number of cyclic esters (lactones) is 1. The predicted molar refractivity (Wildman–Crippen MR) is 115 cm³/mol. The second kappa shape index (κ2) is 8.71. The third-order valence-electron chi connectivity index (χ3n) is 6.94. The zero-order valence-corrected chi connectivity index (χ0v) is 17.9. The number of benzene rings is 1. The summed E-state index contributed by atoms with van der Waals surface area (Å²) in [7, 11) is 0. The molecule has 2 N–H and O–H groups in total. The van der Waals surface area contributed by atoms with Crippen LogP contribution < -0.4 is 15.0 Å². The number of aliphatic hydroxyl groups is 1. The van der Waals surface area contributed by atoms with Crippen molar-refractivity contribution in [3.63, 3.8) is 0 Å². The Kier molecular flexibility index (Phi) is 5.77. The van der Waals surface area contributed by atoms with Gasteiger partial charge in [0.05, 0.1) is 18.8 Å². The standard InChI is InChI=1S/C23H28FN3O5/c24-17-11-18-20(10-16(17)14-4-6-26(7-5-14)8-9-28)31-13-19-21(32-23(30)27(18)19)12-25-22(29)15-2-1-3-15/h4,10-11,15,19,21,28H,1-3,5-9,12-13H2,(H,25,29)/t19-,21-/m0/s1. The average molecular weight is 445 g/mol. The van der Waals surface area contributed by atoms with E-state index in [0.717, 1.165) is 31.4 Å². The normalized spacial score (nSPS) is 25.2. The smallest absolute Gasteiger partial charge is 0.415 e. The highest BCUT2D eigenvalue weighted by Gasteiger charge is 2.47. The molecule has 0 bridgehead atoms. The zero-order chi connectivity index (χ0) is 22.2. The summed E-state index contributed by atoms with van der Waals surface area (Å²) in [6.07, 6.45) is 4.43. The second-order valence-electron chi connectivity index (χ2n) is 8.85. The molecule has 1 aromatic rings. The highest BCUT2D eigenvalue weighted by molar-refractivity contribution is 5.94. The van der Waals surface area contributed by atoms with Crippen LogP contribution in [0.1, 0.15) is 31.2 Å². The summed E-state index contributed by atoms with van der Waals surface area (Å²) in [6, 6.07) is 2.59. The molecule has 0 radical (unpaired) electrons. The van der Waals surface area contributed by atoms with Gasteiger partial charge in [-0.15, -0.1) is 0 Å². The molecule has 1 saturated heterocycles. The van der Waals surface area contributed by atoms with E-state index in [-0.39, 0.29) is 31.6 Å². The van der Waals surface area contributed by atoms with Crippen LogP contribution in [-0.4, -0.2) is 73.5 Å². The quantitative estimate of drug-likeness (QED) is 0.695. The molecule has 9 heteroatoms. The Bertz CT molecular complexity index is 948. The third-order valence-corrected chi connectivity index (χ3v) is 6.94. The fraction of sp³-hybridized carbons (Fsp3) is 0.565. The van der Waals surface area contributed by atoms with Crippen LogP contribution in [0.4, 0.5) is 14.9 Å². The van der Waals surface area contributed by atoms with Gasteiger partial charge in [-0.1, -0.05) is 12.5 Å². The van der Waals surface area contributed by atoms with E-state index in [4.69, 9.17) is 14.6 Å². The van der Waals surface area contributed by atoms with Gasteiger partial charge in [-0.3, -0.25) is 14.6 Å². The molecule has 2 atom stereocenters. The molecule has 1 saturated carbocycles. The van der Waals surface area contributed by atoms with Gasteiger partial charge in [0.25, 0.3) is 0 Å². The van der Waals surface area contributed by atoms with E-state index in [0.29, 0.717) is 36.5 Å². The van der Waals surface area contributed by atoms with Gasteiger partial charge in [0.15, 0.2) is 0 Å². The third kappa shape index (κ3) is 3.84. The van der Waals surface area contributed by atoms with Crippen molar-refractivity contribution in [2.75, 3.05) is 44.3 Å². The number of halogens is 1. The Balaban J connectivity index is 1.31. The summed E-state index contributed by atoms with van der Waals surface area (Å²) in [5, 5.41) is 12.0. The minimum Gasteiger partial charge on any atom is -0.489 e. The molecular formula is C23H28FN3O5. The molecule has 0 aromatic heterocycles. The summed E-state index contributed by atoms with van der Waals surface area (Å²) < 4.78 is 26.5. The van der Waals surface area contributed by atoms with Crippen LogP contribution in [0.15, 0.2) is 18.2 Å². The number of carbonyl (C=O) groups is 2. The molecule has 1 aromatic carbocycles. The molecule has 172 valence electrons. The highest BCUT2D eigenvalue weighted by atomic mass is 19.1. The number of anilines is 1. The summed E-state index contributed by atoms with van der Waals surface area (Å²) in [5.74, 6) is 0.0950. The van der Waals surface area contributed by atoms with Crippen LogP contribution in [0.25, 0.3) is 5.57 Å². The number of amides is 2. The summed E-state index contributed by atoms with van der Waals surface area (Å²) in [4.78, 5) is 28.3. The molecule has 8 nitrogen and oxygen atoms in total. The van der Waals surface area contributed by atoms with Crippen LogP contribution in [0.2, 0.25) is 0 Å². The van der Waals surface area contributed by atoms with Crippen molar-refractivity contribution in [2.24, 2.45) is 5.92 Å². The molecule has 0 unspecified atom stereocenters. The number of ether oxygens (including phenoxy) is 2. The van der Waals surface area contributed by atoms with Crippen LogP contribution in [0, 0.1) is 11.7 Å². The van der Waals surface area contributed by atoms with Crippen LogP contribution in [0.5, 0.6) is 5.75 Å². The van der Waals surface area contributed by atoms with Gasteiger partial charge in [0.1, 0.15) is 30.3 Å². The number of fused-ring (bicyclic) bond motifs is 3. The van der Waals surface area contributed by atoms with Crippen LogP contribution in [0.3, 0.4) is 0 Å². The molecule has 32 heavy (non-hydrogen) atoms. The lowest BCUT2D eigenvalue weighted by Gasteiger charge is -2.32. The van der Waals surface area contributed by atoms with Gasteiger partial charge in [-0.2, -0.15) is 0 Å². The van der Waals surface area contributed by atoms with Crippen LogP contribution >= 0.6 is 0 Å². The Morgan fingerprint density at radius 2 is 2.16 bits per heavy atom. The fourth-order valence-electron chi connectivity index (χ4n) is 4.79. The predicted octanol–water partition coefficient (Wildman–Crippen LogP) is 1.91. The van der Waals surface area contributed by atoms with Gasteiger partial charge in [0, 0.05) is 37.2 Å². The van der Waals surface area contributed by atoms with Gasteiger partial charge < -0.3 is 19.9 Å². The van der Waals surface area contributed by atoms with Crippen molar-refractivity contribution in [2.45, 2.75) is 37.8 Å². The molecule has 1 aliphatic carbocycles. The minimum absolute atomic E-state index is 0.00289. The number of β-amino-alcohol motifs (C(OH)–C–C–N with tert-alkyl or cyclic N) is 1. The van der Waals surface area contributed by atoms with Crippen molar-refractivity contribution >= 4 is 23.3 Å². The molecule has 2 fully saturated rings. The molecule has 5 rings (SSSR count). The van der Waals surface area contributed by atoms with Gasteiger partial charge in [-0.05, 0) is 30.9 Å². The van der Waals surface area contributed by atoms with E-state index in [9.17, 15) is 9.59 Å². The second-order valence-corrected chi connectivity index (χ2v) is 8.85. The van der Waals surface area contributed by atoms with Crippen molar-refractivity contribution in [3.8, 4) is 5.75 Å². The Morgan fingerprint density at radius 3 is 2.84 bits per heavy atom. The van der Waals surface area contributed by atoms with Crippen molar-refractivity contribution < 1.29 is 28.6 Å². The molecule has 4 aliphatic rings. The SMILES string of the molecule is O=C(NC[C@@H]1OC(=O)N2c3cc(F)c(C4=CCN(CCO)CC4)cc3OC[C@@H]12)C1CCC1. The Labute approximate surface area is 186 Å². The lowest BCUT2D eigenvalue weighted by molar-refractivity contribution is -0.127. The number of hydrogen-bond donors (Lipinski definition) is 2. The van der Waals surface area contributed by atoms with Gasteiger partial charge in [0.2, 0.25) is 5.91 Å². The Hall–Kier alpha value is -2.65. The zero-order valence-electron chi connectivity index (χ0n) is 17.9. The lowest BCUT2D eigenvalue weighted by atomic mass is 9.85. The number of nitrogens with one attached hydrogen (secondary N) is 1. The first kappa shape index (κ1) is 21.2. The number of carbonyl (C=O) groups excluding carboxylic acids is 2. The van der Waals surface area contributed by atoms with E-state index in [1.54, 1.807) is 6.07 Å². The maximum atomic E-state index is 15.1. The number of aliphatic hydroxyl groups excluding tert-OH is 1. The maximum Gasteiger partial charge on any atom is 0.415 e. The maximum absolute atomic E-state index is 15.1. The van der Waals surface area contributed by atoms with Gasteiger partial charge >= 0.3 is 6.09 Å². The topological polar surface area (TPSA) is 91.3 Å². The fourth-order valence-corrected chi connectivity index (χ4v) is 4.79. The molecular weight excluding hydrogens is 417 g/mol. The minimum atomic E-state index is -0.550. The number of nitrogens with zero attached hydrogens (tertiary/aromatic N) is 2. The monoisotopic (exact) mass is 445 g/mol. The summed E-state index contributed by atoms with van der Waals surface area (Å²) in [6.45, 7) is 2.54. The largest absolute Gasteiger partial charge is 0.489 e. The van der Waals surface area contributed by atoms with E-state index in [2.05, 4.69) is 10.2 Å². The van der Waals surface area contributed by atoms with Crippen molar-refractivity contribution in [1.82, 2.24) is 10.2 Å². The summed E-state index contributed by atoms with van der Waals surface area (Å²) >= 11 is 0. The summed E-state index contributed by atoms with van der Waals surface area (Å²) in [5.41, 5.74) is 1.73. The lowest BCUT2D eigenvalue weighted by Crippen LogP contribution is -2.48. The first-order valence-electron chi connectivity index (χ1n) is 11.3. The van der Waals surface area contributed by atoms with E-state index in [1.807, 2.05) is 6.08 Å². The number of hydrogen-bond acceptors (Lipinski definition) is 6. The molecule has 0 spiro atoms. The molecule has 2 amide bonds. The van der Waals surface area contributed by atoms with E-state index in [1.165, 1.54) is 11.0 Å². The van der Waals surface area contributed by atoms with E-state index < -0.39 is 24.1 Å². The van der Waals surface area contributed by atoms with E-state index >= 15 is 4.39 Å². The molecule has 3 heterocycles. The van der Waals surface area contributed by atoms with Crippen LogP contribution in [-0.2, 0) is 9.53 Å². The van der Waals surface area contributed by atoms with Crippen molar-refractivity contribution in [1.29, 1.82) is 0 Å². The number of rotatable bonds is 6. The first-order chi connectivity index (χ1) is 15.5. The molecule has 3 aliphatic heterocycles. The first-order valence-corrected chi connectivity index (χ1v) is 11.3. The van der Waals surface area contributed by atoms with Crippen molar-refractivity contribution in [3.05, 3.63) is 29.6 Å².